The molecule has 18 heavy (non-hydrogen) atoms. The van der Waals surface area contributed by atoms with E-state index in [0.717, 1.165) is 5.56 Å². The van der Waals surface area contributed by atoms with Crippen LogP contribution in [0.3, 0.4) is 0 Å². The molecule has 1 aromatic heterocycles. The maximum Gasteiger partial charge on any atom is 0.270 e. The summed E-state index contributed by atoms with van der Waals surface area (Å²) in [5, 5.41) is 2.70. The second-order valence-electron chi connectivity index (χ2n) is 4.46. The number of rotatable bonds is 1. The predicted octanol–water partition coefficient (Wildman–Crippen LogP) is -1.00. The van der Waals surface area contributed by atoms with Gasteiger partial charge in [0.05, 0.1) is 6.54 Å². The third kappa shape index (κ3) is 1.68. The van der Waals surface area contributed by atoms with E-state index in [-0.39, 0.29) is 18.4 Å². The lowest BCUT2D eigenvalue weighted by molar-refractivity contribution is -0.129. The molecule has 3 heterocycles. The number of aromatic nitrogens is 2. The van der Waals surface area contributed by atoms with Crippen molar-refractivity contribution in [1.82, 2.24) is 20.2 Å². The second-order valence-corrected chi connectivity index (χ2v) is 4.46. The van der Waals surface area contributed by atoms with Crippen LogP contribution in [0.15, 0.2) is 6.20 Å². The maximum absolute atomic E-state index is 11.6. The van der Waals surface area contributed by atoms with Gasteiger partial charge in [-0.2, -0.15) is 0 Å². The van der Waals surface area contributed by atoms with E-state index in [2.05, 4.69) is 15.3 Å². The first-order chi connectivity index (χ1) is 8.65. The summed E-state index contributed by atoms with van der Waals surface area (Å²) in [5.74, 6) is 0.316. The molecule has 0 bridgehead atoms. The van der Waals surface area contributed by atoms with Crippen molar-refractivity contribution in [2.24, 2.45) is 0 Å². The zero-order chi connectivity index (χ0) is 12.7. The molecule has 1 fully saturated rings. The van der Waals surface area contributed by atoms with Crippen LogP contribution in [-0.4, -0.2) is 53.4 Å². The van der Waals surface area contributed by atoms with Crippen LogP contribution in [0, 0.1) is 0 Å². The molecule has 1 N–H and O–H groups in total. The molecule has 94 valence electrons. The Balaban J connectivity index is 1.87. The Bertz CT molecular complexity index is 530. The van der Waals surface area contributed by atoms with E-state index in [1.807, 2.05) is 0 Å². The Labute approximate surface area is 104 Å². The monoisotopic (exact) mass is 247 g/mol. The van der Waals surface area contributed by atoms with Gasteiger partial charge in [-0.3, -0.25) is 9.59 Å². The fraction of sp³-hybridized carbons (Fsp3) is 0.455. The van der Waals surface area contributed by atoms with Crippen LogP contribution in [0.25, 0.3) is 0 Å². The lowest BCUT2D eigenvalue weighted by atomic mass is 10.3. The third-order valence-corrected chi connectivity index (χ3v) is 3.25. The van der Waals surface area contributed by atoms with Gasteiger partial charge in [0.2, 0.25) is 11.9 Å². The number of fused-ring (bicyclic) bond motifs is 1. The summed E-state index contributed by atoms with van der Waals surface area (Å²) in [6.45, 7) is 2.07. The van der Waals surface area contributed by atoms with E-state index < -0.39 is 0 Å². The molecule has 0 aliphatic carbocycles. The van der Waals surface area contributed by atoms with Gasteiger partial charge in [0, 0.05) is 38.4 Å². The molecule has 0 saturated carbocycles. The highest BCUT2D eigenvalue weighted by atomic mass is 16.2. The van der Waals surface area contributed by atoms with Crippen LogP contribution < -0.4 is 10.2 Å². The molecule has 1 aromatic rings. The molecule has 7 heteroatoms. The van der Waals surface area contributed by atoms with Crippen molar-refractivity contribution in [3.05, 3.63) is 17.5 Å². The molecule has 0 atom stereocenters. The van der Waals surface area contributed by atoms with Crippen LogP contribution in [0.2, 0.25) is 0 Å². The molecular formula is C11H13N5O2. The van der Waals surface area contributed by atoms with Crippen LogP contribution in [0.1, 0.15) is 16.1 Å². The van der Waals surface area contributed by atoms with Crippen molar-refractivity contribution in [2.75, 3.05) is 31.6 Å². The van der Waals surface area contributed by atoms with E-state index in [9.17, 15) is 9.59 Å². The fourth-order valence-corrected chi connectivity index (χ4v) is 2.06. The first-order valence-corrected chi connectivity index (χ1v) is 5.78. The fourth-order valence-electron chi connectivity index (χ4n) is 2.06. The summed E-state index contributed by atoms with van der Waals surface area (Å²) in [6.07, 6.45) is 1.65. The number of anilines is 1. The van der Waals surface area contributed by atoms with Crippen LogP contribution in [0.4, 0.5) is 5.95 Å². The largest absolute Gasteiger partial charge is 0.346 e. The van der Waals surface area contributed by atoms with Crippen LogP contribution in [0.5, 0.6) is 0 Å². The highest BCUT2D eigenvalue weighted by Gasteiger charge is 2.26. The Kier molecular flexibility index (Phi) is 2.39. The standard InChI is InChI=1S/C11H13N5O2/c1-15-2-3-16(6-8(15)17)11-13-5-7-4-12-10(18)9(7)14-11/h5H,2-4,6H2,1H3,(H,12,18). The van der Waals surface area contributed by atoms with Crippen molar-refractivity contribution < 1.29 is 9.59 Å². The number of hydrogen-bond acceptors (Lipinski definition) is 5. The predicted molar refractivity (Wildman–Crippen MR) is 63.1 cm³/mol. The summed E-state index contributed by atoms with van der Waals surface area (Å²) in [6, 6.07) is 0. The van der Waals surface area contributed by atoms with E-state index in [1.54, 1.807) is 23.0 Å². The smallest absolute Gasteiger partial charge is 0.270 e. The quantitative estimate of drug-likeness (QED) is 0.688. The van der Waals surface area contributed by atoms with Gasteiger partial charge in [-0.15, -0.1) is 0 Å². The van der Waals surface area contributed by atoms with E-state index in [1.165, 1.54) is 0 Å². The van der Waals surface area contributed by atoms with Gasteiger partial charge in [-0.25, -0.2) is 9.97 Å². The molecule has 1 saturated heterocycles. The first kappa shape index (κ1) is 10.9. The van der Waals surface area contributed by atoms with Gasteiger partial charge in [-0.05, 0) is 0 Å². The summed E-state index contributed by atoms with van der Waals surface area (Å²) >= 11 is 0. The first-order valence-electron chi connectivity index (χ1n) is 5.78. The van der Waals surface area contributed by atoms with Crippen molar-refractivity contribution in [3.63, 3.8) is 0 Å². The number of likely N-dealkylation sites (N-methyl/N-ethyl adjacent to an activating group) is 1. The normalized spacial score (nSPS) is 18.9. The van der Waals surface area contributed by atoms with Crippen LogP contribution in [-0.2, 0) is 11.3 Å². The SMILES string of the molecule is CN1CCN(c2ncc3c(n2)C(=O)NC3)CC1=O. The minimum atomic E-state index is -0.172. The highest BCUT2D eigenvalue weighted by Crippen LogP contribution is 2.17. The van der Waals surface area contributed by atoms with Crippen molar-refractivity contribution >= 4 is 17.8 Å². The lowest BCUT2D eigenvalue weighted by Gasteiger charge is -2.31. The minimum Gasteiger partial charge on any atom is -0.346 e. The molecule has 0 unspecified atom stereocenters. The van der Waals surface area contributed by atoms with Crippen LogP contribution >= 0.6 is 0 Å². The molecule has 7 nitrogen and oxygen atoms in total. The maximum atomic E-state index is 11.6. The van der Waals surface area contributed by atoms with E-state index in [4.69, 9.17) is 0 Å². The second kappa shape index (κ2) is 3.94. The Morgan fingerprint density at radius 1 is 1.33 bits per heavy atom. The van der Waals surface area contributed by atoms with Crippen molar-refractivity contribution in [1.29, 1.82) is 0 Å². The Hall–Kier alpha value is -2.18. The molecule has 3 rings (SSSR count). The molecular weight excluding hydrogens is 234 g/mol. The summed E-state index contributed by atoms with van der Waals surface area (Å²) in [4.78, 5) is 35.1. The third-order valence-electron chi connectivity index (χ3n) is 3.25. The molecule has 0 spiro atoms. The highest BCUT2D eigenvalue weighted by molar-refractivity contribution is 5.96. The van der Waals surface area contributed by atoms with Crippen molar-refractivity contribution in [3.8, 4) is 0 Å². The lowest BCUT2D eigenvalue weighted by Crippen LogP contribution is -2.49. The van der Waals surface area contributed by atoms with Gasteiger partial charge in [0.15, 0.2) is 0 Å². The number of carbonyl (C=O) groups excluding carboxylic acids is 2. The van der Waals surface area contributed by atoms with Gasteiger partial charge in [0.1, 0.15) is 5.69 Å². The molecule has 2 aliphatic rings. The molecule has 0 radical (unpaired) electrons. The van der Waals surface area contributed by atoms with E-state index >= 15 is 0 Å². The number of nitrogens with zero attached hydrogens (tertiary/aromatic N) is 4. The van der Waals surface area contributed by atoms with Gasteiger partial charge >= 0.3 is 0 Å². The number of carbonyl (C=O) groups is 2. The van der Waals surface area contributed by atoms with Crippen molar-refractivity contribution in [2.45, 2.75) is 6.54 Å². The average Bonchev–Trinajstić information content (AvgIpc) is 2.74. The van der Waals surface area contributed by atoms with Gasteiger partial charge in [-0.1, -0.05) is 0 Å². The molecule has 2 amide bonds. The average molecular weight is 247 g/mol. The van der Waals surface area contributed by atoms with Gasteiger partial charge < -0.3 is 15.1 Å². The number of piperazine rings is 1. The van der Waals surface area contributed by atoms with E-state index in [0.29, 0.717) is 31.3 Å². The zero-order valence-electron chi connectivity index (χ0n) is 10.0. The number of hydrogen-bond donors (Lipinski definition) is 1. The number of nitrogens with one attached hydrogen (secondary N) is 1. The Morgan fingerprint density at radius 3 is 2.94 bits per heavy atom. The van der Waals surface area contributed by atoms with Gasteiger partial charge in [0.25, 0.3) is 5.91 Å². The Morgan fingerprint density at radius 2 is 2.17 bits per heavy atom. The number of amides is 2. The zero-order valence-corrected chi connectivity index (χ0v) is 10.0. The molecule has 2 aliphatic heterocycles. The summed E-state index contributed by atoms with van der Waals surface area (Å²) in [7, 11) is 1.77. The topological polar surface area (TPSA) is 78.4 Å². The molecule has 0 aromatic carbocycles. The summed E-state index contributed by atoms with van der Waals surface area (Å²) in [5.41, 5.74) is 1.23. The summed E-state index contributed by atoms with van der Waals surface area (Å²) < 4.78 is 0. The minimum absolute atomic E-state index is 0.0369.